The zero-order chi connectivity index (χ0) is 17.8. The van der Waals surface area contributed by atoms with Crippen LogP contribution < -0.4 is 15.6 Å². The van der Waals surface area contributed by atoms with Gasteiger partial charge in [0.1, 0.15) is 5.75 Å². The molecule has 7 heteroatoms. The molecule has 0 aliphatic rings. The van der Waals surface area contributed by atoms with Crippen LogP contribution in [0.15, 0.2) is 41.3 Å². The first-order valence-electron chi connectivity index (χ1n) is 8.13. The maximum atomic E-state index is 12.5. The molecular weight excluding hydrogens is 320 g/mol. The Bertz CT molecular complexity index is 958. The number of aromatic nitrogens is 3. The van der Waals surface area contributed by atoms with E-state index in [0.717, 1.165) is 11.3 Å². The Morgan fingerprint density at radius 3 is 2.92 bits per heavy atom. The number of hydrogen-bond acceptors (Lipinski definition) is 4. The minimum Gasteiger partial charge on any atom is -0.494 e. The highest BCUT2D eigenvalue weighted by Gasteiger charge is 2.14. The van der Waals surface area contributed by atoms with Gasteiger partial charge in [0, 0.05) is 35.6 Å². The molecule has 0 saturated heterocycles. The molecule has 2 heterocycles. The lowest BCUT2D eigenvalue weighted by molar-refractivity contribution is -0.120. The number of aryl methyl sites for hydroxylation is 1. The summed E-state index contributed by atoms with van der Waals surface area (Å²) >= 11 is 0. The average Bonchev–Trinajstić information content (AvgIpc) is 3.06. The van der Waals surface area contributed by atoms with Crippen molar-refractivity contribution in [3.63, 3.8) is 0 Å². The number of amides is 1. The number of hydrogen-bond donors (Lipinski definition) is 2. The minimum absolute atomic E-state index is 0.0174. The molecule has 7 nitrogen and oxygen atoms in total. The molecule has 1 aromatic carbocycles. The van der Waals surface area contributed by atoms with Crippen LogP contribution in [0.2, 0.25) is 0 Å². The number of rotatable bonds is 6. The Hall–Kier alpha value is -3.09. The summed E-state index contributed by atoms with van der Waals surface area (Å²) in [7, 11) is 0. The van der Waals surface area contributed by atoms with Crippen LogP contribution in [-0.2, 0) is 17.8 Å². The Morgan fingerprint density at radius 1 is 1.32 bits per heavy atom. The van der Waals surface area contributed by atoms with Crippen LogP contribution in [0.25, 0.3) is 5.65 Å². The number of carbonyl (C=O) groups excluding carboxylic acids is 1. The third-order valence-corrected chi connectivity index (χ3v) is 3.93. The zero-order valence-corrected chi connectivity index (χ0v) is 14.2. The second-order valence-electron chi connectivity index (χ2n) is 5.63. The van der Waals surface area contributed by atoms with Gasteiger partial charge in [0.15, 0.2) is 5.65 Å². The van der Waals surface area contributed by atoms with E-state index in [-0.39, 0.29) is 17.9 Å². The summed E-state index contributed by atoms with van der Waals surface area (Å²) < 4.78 is 6.88. The van der Waals surface area contributed by atoms with E-state index in [4.69, 9.17) is 4.74 Å². The standard InChI is InChI=1S/C18H20N4O3/c1-3-25-15-7-5-4-6-13(15)11-19-17(23)10-14-12(2)21-16-8-9-20-22(16)18(14)24/h4-9,20H,3,10-11H2,1-2H3,(H,19,23). The number of carbonyl (C=O) groups is 1. The largest absolute Gasteiger partial charge is 0.494 e. The molecule has 0 aliphatic heterocycles. The molecule has 0 radical (unpaired) electrons. The third kappa shape index (κ3) is 3.55. The molecular formula is C18H20N4O3. The van der Waals surface area contributed by atoms with Crippen molar-refractivity contribution in [2.75, 3.05) is 6.61 Å². The Labute approximate surface area is 144 Å². The molecule has 0 unspecified atom stereocenters. The normalized spacial score (nSPS) is 10.8. The Balaban J connectivity index is 1.72. The second kappa shape index (κ2) is 7.21. The maximum Gasteiger partial charge on any atom is 0.276 e. The predicted octanol–water partition coefficient (Wildman–Crippen LogP) is 1.59. The molecule has 0 fully saturated rings. The molecule has 3 rings (SSSR count). The van der Waals surface area contributed by atoms with Crippen molar-refractivity contribution >= 4 is 11.6 Å². The summed E-state index contributed by atoms with van der Waals surface area (Å²) in [6, 6.07) is 9.26. The number of nitrogens with one attached hydrogen (secondary N) is 2. The molecule has 0 bridgehead atoms. The first-order chi connectivity index (χ1) is 12.1. The van der Waals surface area contributed by atoms with Crippen molar-refractivity contribution < 1.29 is 9.53 Å². The summed E-state index contributed by atoms with van der Waals surface area (Å²) in [5.41, 5.74) is 2.13. The molecule has 3 aromatic rings. The van der Waals surface area contributed by atoms with Gasteiger partial charge < -0.3 is 10.1 Å². The Kier molecular flexibility index (Phi) is 4.83. The SMILES string of the molecule is CCOc1ccccc1CNC(=O)Cc1c(C)nc2cc[nH]n2c1=O. The first kappa shape index (κ1) is 16.8. The fourth-order valence-corrected chi connectivity index (χ4v) is 2.67. The van der Waals surface area contributed by atoms with E-state index in [1.165, 1.54) is 4.52 Å². The summed E-state index contributed by atoms with van der Waals surface area (Å²) in [4.78, 5) is 29.1. The average molecular weight is 340 g/mol. The van der Waals surface area contributed by atoms with Crippen molar-refractivity contribution in [1.82, 2.24) is 19.9 Å². The fraction of sp³-hybridized carbons (Fsp3) is 0.278. The molecule has 0 saturated carbocycles. The van der Waals surface area contributed by atoms with Gasteiger partial charge in [-0.05, 0) is 19.9 Å². The molecule has 0 spiro atoms. The summed E-state index contributed by atoms with van der Waals surface area (Å²) in [6.45, 7) is 4.55. The lowest BCUT2D eigenvalue weighted by Gasteiger charge is -2.11. The van der Waals surface area contributed by atoms with Crippen LogP contribution in [0.4, 0.5) is 0 Å². The number of nitrogens with zero attached hydrogens (tertiary/aromatic N) is 2. The topological polar surface area (TPSA) is 88.5 Å². The molecule has 0 atom stereocenters. The van der Waals surface area contributed by atoms with Gasteiger partial charge >= 0.3 is 0 Å². The van der Waals surface area contributed by atoms with Gasteiger partial charge in [-0.1, -0.05) is 18.2 Å². The lowest BCUT2D eigenvalue weighted by Crippen LogP contribution is -2.30. The van der Waals surface area contributed by atoms with E-state index in [1.54, 1.807) is 19.2 Å². The number of benzene rings is 1. The van der Waals surface area contributed by atoms with Crippen LogP contribution in [-0.4, -0.2) is 27.1 Å². The third-order valence-electron chi connectivity index (χ3n) is 3.93. The van der Waals surface area contributed by atoms with Crippen molar-refractivity contribution in [3.05, 3.63) is 63.7 Å². The number of aromatic amines is 1. The van der Waals surface area contributed by atoms with E-state index >= 15 is 0 Å². The summed E-state index contributed by atoms with van der Waals surface area (Å²) in [5.74, 6) is 0.510. The first-order valence-corrected chi connectivity index (χ1v) is 8.13. The van der Waals surface area contributed by atoms with Crippen LogP contribution in [0.3, 0.4) is 0 Å². The smallest absolute Gasteiger partial charge is 0.276 e. The van der Waals surface area contributed by atoms with Crippen molar-refractivity contribution in [2.45, 2.75) is 26.8 Å². The van der Waals surface area contributed by atoms with Crippen LogP contribution in [0, 0.1) is 6.92 Å². The molecule has 1 amide bonds. The molecule has 2 aromatic heterocycles. The zero-order valence-electron chi connectivity index (χ0n) is 14.2. The quantitative estimate of drug-likeness (QED) is 0.713. The molecule has 130 valence electrons. The highest BCUT2D eigenvalue weighted by Crippen LogP contribution is 2.17. The highest BCUT2D eigenvalue weighted by molar-refractivity contribution is 5.78. The number of H-pyrrole nitrogens is 1. The number of para-hydroxylation sites is 1. The minimum atomic E-state index is -0.252. The second-order valence-corrected chi connectivity index (χ2v) is 5.63. The van der Waals surface area contributed by atoms with Crippen LogP contribution in [0.1, 0.15) is 23.7 Å². The van der Waals surface area contributed by atoms with Crippen LogP contribution in [0.5, 0.6) is 5.75 Å². The molecule has 25 heavy (non-hydrogen) atoms. The van der Waals surface area contributed by atoms with Crippen LogP contribution >= 0.6 is 0 Å². The highest BCUT2D eigenvalue weighted by atomic mass is 16.5. The predicted molar refractivity (Wildman–Crippen MR) is 93.7 cm³/mol. The van der Waals surface area contributed by atoms with Crippen molar-refractivity contribution in [1.29, 1.82) is 0 Å². The number of ether oxygens (including phenoxy) is 1. The Morgan fingerprint density at radius 2 is 2.12 bits per heavy atom. The van der Waals surface area contributed by atoms with E-state index in [0.29, 0.717) is 30.1 Å². The van der Waals surface area contributed by atoms with E-state index < -0.39 is 0 Å². The monoisotopic (exact) mass is 340 g/mol. The van der Waals surface area contributed by atoms with Gasteiger partial charge in [0.05, 0.1) is 13.0 Å². The summed E-state index contributed by atoms with van der Waals surface area (Å²) in [5, 5.41) is 5.64. The summed E-state index contributed by atoms with van der Waals surface area (Å²) in [6.07, 6.45) is 1.62. The van der Waals surface area contributed by atoms with Gasteiger partial charge in [-0.15, -0.1) is 0 Å². The van der Waals surface area contributed by atoms with E-state index in [2.05, 4.69) is 15.4 Å². The van der Waals surface area contributed by atoms with E-state index in [1.807, 2.05) is 31.2 Å². The van der Waals surface area contributed by atoms with Gasteiger partial charge in [-0.3, -0.25) is 14.7 Å². The molecule has 0 aliphatic carbocycles. The van der Waals surface area contributed by atoms with Crippen molar-refractivity contribution in [3.8, 4) is 5.75 Å². The fourth-order valence-electron chi connectivity index (χ4n) is 2.67. The lowest BCUT2D eigenvalue weighted by atomic mass is 10.1. The maximum absolute atomic E-state index is 12.5. The van der Waals surface area contributed by atoms with E-state index in [9.17, 15) is 9.59 Å². The van der Waals surface area contributed by atoms with Gasteiger partial charge in [0.25, 0.3) is 5.56 Å². The van der Waals surface area contributed by atoms with Gasteiger partial charge in [-0.25, -0.2) is 9.50 Å². The molecule has 2 N–H and O–H groups in total. The van der Waals surface area contributed by atoms with Crippen molar-refractivity contribution in [2.24, 2.45) is 0 Å². The van der Waals surface area contributed by atoms with Gasteiger partial charge in [-0.2, -0.15) is 0 Å². The van der Waals surface area contributed by atoms with Gasteiger partial charge in [0.2, 0.25) is 5.91 Å². The number of fused-ring (bicyclic) bond motifs is 1.